The van der Waals surface area contributed by atoms with E-state index >= 15 is 0 Å². The van der Waals surface area contributed by atoms with Gasteiger partial charge in [-0.1, -0.05) is 29.8 Å². The molecule has 0 bridgehead atoms. The number of aromatic nitrogens is 1. The van der Waals surface area contributed by atoms with E-state index in [1.54, 1.807) is 0 Å². The molecule has 24 heavy (non-hydrogen) atoms. The minimum atomic E-state index is 0.122. The molecule has 1 heterocycles. The van der Waals surface area contributed by atoms with Crippen LogP contribution in [0, 0.1) is 13.8 Å². The molecule has 3 heteroatoms. The van der Waals surface area contributed by atoms with Crippen LogP contribution in [0.4, 0.5) is 0 Å². The summed E-state index contributed by atoms with van der Waals surface area (Å²) in [5, 5.41) is 3.20. The Hall–Kier alpha value is -2.03. The molecule has 0 spiro atoms. The Kier molecular flexibility index (Phi) is 3.95. The first-order chi connectivity index (χ1) is 11.6. The number of aryl methyl sites for hydroxylation is 1. The Morgan fingerprint density at radius 3 is 2.75 bits per heavy atom. The van der Waals surface area contributed by atoms with Crippen molar-refractivity contribution in [3.05, 3.63) is 57.9 Å². The van der Waals surface area contributed by atoms with Crippen molar-refractivity contribution < 1.29 is 4.79 Å². The van der Waals surface area contributed by atoms with Crippen molar-refractivity contribution >= 4 is 5.91 Å². The highest BCUT2D eigenvalue weighted by molar-refractivity contribution is 5.95. The van der Waals surface area contributed by atoms with Crippen LogP contribution in [0.25, 0.3) is 0 Å². The topological polar surface area (TPSA) is 34.0 Å². The van der Waals surface area contributed by atoms with Crippen LogP contribution in [0.2, 0.25) is 0 Å². The third-order valence-electron chi connectivity index (χ3n) is 5.39. The summed E-state index contributed by atoms with van der Waals surface area (Å²) in [4.78, 5) is 12.9. The van der Waals surface area contributed by atoms with E-state index in [1.807, 2.05) is 0 Å². The van der Waals surface area contributed by atoms with E-state index < -0.39 is 0 Å². The van der Waals surface area contributed by atoms with E-state index in [9.17, 15) is 4.79 Å². The lowest BCUT2D eigenvalue weighted by Crippen LogP contribution is -2.29. The molecular weight excluding hydrogens is 296 g/mol. The van der Waals surface area contributed by atoms with Crippen LogP contribution >= 0.6 is 0 Å². The fourth-order valence-corrected chi connectivity index (χ4v) is 4.01. The van der Waals surface area contributed by atoms with Gasteiger partial charge in [0.05, 0.1) is 0 Å². The summed E-state index contributed by atoms with van der Waals surface area (Å²) in [6.07, 6.45) is 6.94. The van der Waals surface area contributed by atoms with E-state index in [4.69, 9.17) is 0 Å². The average molecular weight is 322 g/mol. The van der Waals surface area contributed by atoms with Crippen LogP contribution in [0.5, 0.6) is 0 Å². The molecule has 0 aliphatic heterocycles. The van der Waals surface area contributed by atoms with Gasteiger partial charge in [-0.25, -0.2) is 0 Å². The molecule has 1 aromatic carbocycles. The molecule has 0 radical (unpaired) electrons. The lowest BCUT2D eigenvalue weighted by atomic mass is 9.95. The monoisotopic (exact) mass is 322 g/mol. The molecule has 4 rings (SSSR count). The highest BCUT2D eigenvalue weighted by Gasteiger charge is 2.30. The third kappa shape index (κ3) is 2.88. The number of carbonyl (C=O) groups excluding carboxylic acids is 1. The first-order valence-corrected chi connectivity index (χ1v) is 9.20. The highest BCUT2D eigenvalue weighted by atomic mass is 16.2. The van der Waals surface area contributed by atoms with Crippen molar-refractivity contribution in [2.45, 2.75) is 65.0 Å². The predicted octanol–water partition coefficient (Wildman–Crippen LogP) is 3.92. The Morgan fingerprint density at radius 1 is 1.21 bits per heavy atom. The number of benzene rings is 1. The second-order valence-corrected chi connectivity index (χ2v) is 7.43. The van der Waals surface area contributed by atoms with E-state index in [0.29, 0.717) is 6.04 Å². The van der Waals surface area contributed by atoms with E-state index in [1.165, 1.54) is 40.8 Å². The van der Waals surface area contributed by atoms with Crippen LogP contribution in [-0.2, 0) is 19.4 Å². The fraction of sp³-hybridized carbons (Fsp3) is 0.476. The first-order valence-electron chi connectivity index (χ1n) is 9.20. The number of nitrogens with zero attached hydrogens (tertiary/aromatic N) is 1. The lowest BCUT2D eigenvalue weighted by Gasteiger charge is -2.17. The van der Waals surface area contributed by atoms with Gasteiger partial charge in [0.25, 0.3) is 5.91 Å². The molecule has 1 saturated carbocycles. The normalized spacial score (nSPS) is 16.8. The molecule has 1 N–H and O–H groups in total. The Bertz CT molecular complexity index is 783. The van der Waals surface area contributed by atoms with Gasteiger partial charge in [-0.05, 0) is 69.1 Å². The van der Waals surface area contributed by atoms with Gasteiger partial charge < -0.3 is 9.88 Å². The standard InChI is InChI=1S/C21H26N2O/c1-14-6-5-7-16(12-14)13-23-19-9-4-3-8-18(19)15(2)20(23)21(24)22-17-10-11-17/h5-7,12,17H,3-4,8-11,13H2,1-2H3,(H,22,24). The van der Waals surface area contributed by atoms with Gasteiger partial charge in [-0.3, -0.25) is 4.79 Å². The van der Waals surface area contributed by atoms with Crippen LogP contribution in [0.3, 0.4) is 0 Å². The smallest absolute Gasteiger partial charge is 0.268 e. The molecule has 0 unspecified atom stereocenters. The number of hydrogen-bond acceptors (Lipinski definition) is 1. The number of fused-ring (bicyclic) bond motifs is 1. The summed E-state index contributed by atoms with van der Waals surface area (Å²) in [5.41, 5.74) is 7.47. The largest absolute Gasteiger partial charge is 0.348 e. The number of hydrogen-bond donors (Lipinski definition) is 1. The molecule has 2 aromatic rings. The zero-order valence-corrected chi connectivity index (χ0v) is 14.7. The van der Waals surface area contributed by atoms with Gasteiger partial charge in [0, 0.05) is 18.3 Å². The van der Waals surface area contributed by atoms with Crippen LogP contribution in [0.15, 0.2) is 24.3 Å². The Labute approximate surface area is 144 Å². The third-order valence-corrected chi connectivity index (χ3v) is 5.39. The molecule has 3 nitrogen and oxygen atoms in total. The number of rotatable bonds is 4. The van der Waals surface area contributed by atoms with E-state index in [0.717, 1.165) is 37.9 Å². The van der Waals surface area contributed by atoms with Gasteiger partial charge in [0.2, 0.25) is 0 Å². The van der Waals surface area contributed by atoms with Crippen molar-refractivity contribution in [1.82, 2.24) is 9.88 Å². The van der Waals surface area contributed by atoms with Crippen molar-refractivity contribution in [1.29, 1.82) is 0 Å². The molecule has 0 atom stereocenters. The number of amides is 1. The molecular formula is C21H26N2O. The Morgan fingerprint density at radius 2 is 2.00 bits per heavy atom. The van der Waals surface area contributed by atoms with Crippen molar-refractivity contribution in [2.75, 3.05) is 0 Å². The second-order valence-electron chi connectivity index (χ2n) is 7.43. The number of nitrogens with one attached hydrogen (secondary N) is 1. The predicted molar refractivity (Wildman–Crippen MR) is 96.6 cm³/mol. The summed E-state index contributed by atoms with van der Waals surface area (Å²) in [6.45, 7) is 5.06. The molecule has 1 fully saturated rings. The molecule has 1 aromatic heterocycles. The maximum atomic E-state index is 12.9. The van der Waals surface area contributed by atoms with Gasteiger partial charge in [0.15, 0.2) is 0 Å². The fourth-order valence-electron chi connectivity index (χ4n) is 4.01. The van der Waals surface area contributed by atoms with E-state index in [2.05, 4.69) is 48.0 Å². The van der Waals surface area contributed by atoms with Crippen LogP contribution in [-0.4, -0.2) is 16.5 Å². The van der Waals surface area contributed by atoms with Gasteiger partial charge in [-0.2, -0.15) is 0 Å². The summed E-state index contributed by atoms with van der Waals surface area (Å²) in [7, 11) is 0. The minimum Gasteiger partial charge on any atom is -0.348 e. The molecule has 0 saturated heterocycles. The van der Waals surface area contributed by atoms with Crippen LogP contribution in [0.1, 0.15) is 64.1 Å². The second kappa shape index (κ2) is 6.12. The van der Waals surface area contributed by atoms with Gasteiger partial charge in [-0.15, -0.1) is 0 Å². The summed E-state index contributed by atoms with van der Waals surface area (Å²) < 4.78 is 2.30. The average Bonchev–Trinajstić information content (AvgIpc) is 3.33. The summed E-state index contributed by atoms with van der Waals surface area (Å²) in [5.74, 6) is 0.122. The summed E-state index contributed by atoms with van der Waals surface area (Å²) in [6, 6.07) is 9.03. The van der Waals surface area contributed by atoms with E-state index in [-0.39, 0.29) is 5.91 Å². The lowest BCUT2D eigenvalue weighted by molar-refractivity contribution is 0.0941. The zero-order valence-electron chi connectivity index (χ0n) is 14.7. The van der Waals surface area contributed by atoms with Gasteiger partial charge in [0.1, 0.15) is 5.69 Å². The molecule has 126 valence electrons. The van der Waals surface area contributed by atoms with Crippen LogP contribution < -0.4 is 5.32 Å². The first kappa shape index (κ1) is 15.5. The van der Waals surface area contributed by atoms with Crippen molar-refractivity contribution in [3.8, 4) is 0 Å². The molecule has 2 aliphatic carbocycles. The maximum absolute atomic E-state index is 12.9. The van der Waals surface area contributed by atoms with Gasteiger partial charge >= 0.3 is 0 Å². The maximum Gasteiger partial charge on any atom is 0.268 e. The number of carbonyl (C=O) groups is 1. The SMILES string of the molecule is Cc1cccc(Cn2c3c(c(C)c2C(=O)NC2CC2)CCCC3)c1. The van der Waals surface area contributed by atoms with Crippen molar-refractivity contribution in [2.24, 2.45) is 0 Å². The summed E-state index contributed by atoms with van der Waals surface area (Å²) >= 11 is 0. The highest BCUT2D eigenvalue weighted by Crippen LogP contribution is 2.31. The molecule has 1 amide bonds. The van der Waals surface area contributed by atoms with Crippen molar-refractivity contribution in [3.63, 3.8) is 0 Å². The Balaban J connectivity index is 1.76. The minimum absolute atomic E-state index is 0.122. The molecule has 2 aliphatic rings. The quantitative estimate of drug-likeness (QED) is 0.909. The zero-order chi connectivity index (χ0) is 16.7.